The number of hydrogen-bond donors (Lipinski definition) is 3. The van der Waals surface area contributed by atoms with Crippen molar-refractivity contribution >= 4 is 34.7 Å². The van der Waals surface area contributed by atoms with Crippen LogP contribution in [-0.2, 0) is 29.1 Å². The molecule has 0 saturated heterocycles. The van der Waals surface area contributed by atoms with E-state index >= 15 is 0 Å². The van der Waals surface area contributed by atoms with Crippen LogP contribution in [0.4, 0.5) is 19.0 Å². The molecule has 0 unspecified atom stereocenters. The molecule has 4 aromatic rings. The van der Waals surface area contributed by atoms with Gasteiger partial charge < -0.3 is 25.1 Å². The molecule has 42 heavy (non-hydrogen) atoms. The van der Waals surface area contributed by atoms with E-state index in [1.807, 2.05) is 43.3 Å². The van der Waals surface area contributed by atoms with Crippen molar-refractivity contribution in [2.75, 3.05) is 18.9 Å². The van der Waals surface area contributed by atoms with Gasteiger partial charge in [-0.25, -0.2) is 9.78 Å². The van der Waals surface area contributed by atoms with Crippen LogP contribution in [0.5, 0.6) is 0 Å². The number of carbonyl (C=O) groups is 2. The van der Waals surface area contributed by atoms with Gasteiger partial charge in [0.25, 0.3) is 0 Å². The number of amides is 1. The highest BCUT2D eigenvalue weighted by Crippen LogP contribution is 2.26. The number of benzene rings is 2. The molecular weight excluding hydrogens is 549 g/mol. The van der Waals surface area contributed by atoms with Crippen molar-refractivity contribution in [1.82, 2.24) is 15.2 Å². The molecule has 1 aliphatic rings. The van der Waals surface area contributed by atoms with Gasteiger partial charge in [0.2, 0.25) is 5.91 Å². The summed E-state index contributed by atoms with van der Waals surface area (Å²) in [5, 5.41) is 15.3. The van der Waals surface area contributed by atoms with Gasteiger partial charge in [-0.3, -0.25) is 4.79 Å². The van der Waals surface area contributed by atoms with Crippen LogP contribution in [0.15, 0.2) is 77.4 Å². The van der Waals surface area contributed by atoms with Crippen molar-refractivity contribution in [3.05, 3.63) is 101 Å². The highest BCUT2D eigenvalue weighted by atomic mass is 19.4. The molecule has 220 valence electrons. The first-order valence-electron chi connectivity index (χ1n) is 13.2. The van der Waals surface area contributed by atoms with Crippen LogP contribution in [0.2, 0.25) is 0 Å². The Morgan fingerprint density at radius 1 is 1.14 bits per heavy atom. The second-order valence-corrected chi connectivity index (χ2v) is 9.90. The number of carboxylic acids is 1. The van der Waals surface area contributed by atoms with Gasteiger partial charge in [-0.15, -0.1) is 0 Å². The lowest BCUT2D eigenvalue weighted by Gasteiger charge is -2.15. The normalized spacial score (nSPS) is 14.8. The van der Waals surface area contributed by atoms with Gasteiger partial charge in [-0.2, -0.15) is 13.2 Å². The summed E-state index contributed by atoms with van der Waals surface area (Å²) in [5.41, 5.74) is 5.23. The second kappa shape index (κ2) is 13.3. The number of furan rings is 1. The fourth-order valence-electron chi connectivity index (χ4n) is 4.47. The Balaban J connectivity index is 0.000000517. The third kappa shape index (κ3) is 7.97. The number of anilines is 1. The summed E-state index contributed by atoms with van der Waals surface area (Å²) in [6.45, 7) is 3.99. The maximum atomic E-state index is 12.8. The monoisotopic (exact) mass is 580 g/mol. The molecule has 1 amide bonds. The van der Waals surface area contributed by atoms with Crippen LogP contribution in [0.3, 0.4) is 0 Å². The number of aromatic nitrogens is 1. The standard InChI is InChI=1S/C29H30N4O2.C2HF3O2/c1-20-25-10-6-7-11-26(25)35-27(20)19-33(2)28(34)13-12-22-14-23-17-30-24(18-32-29(23)31-16-22)15-21-8-4-3-5-9-21;3-2(4,5)1(6)7/h3-14,16,24,30H,15,17-19H2,1-2H3,(H,31,32);(H,6,7)/t24-;/m0./s1. The van der Waals surface area contributed by atoms with Gasteiger partial charge in [0, 0.05) is 55.0 Å². The molecular formula is C31H31F3N4O4. The van der Waals surface area contributed by atoms with Crippen LogP contribution in [0, 0.1) is 6.92 Å². The molecule has 2 aromatic carbocycles. The number of carbonyl (C=O) groups excluding carboxylic acids is 1. The minimum Gasteiger partial charge on any atom is -0.475 e. The molecule has 0 fully saturated rings. The van der Waals surface area contributed by atoms with E-state index in [0.29, 0.717) is 12.6 Å². The Kier molecular flexibility index (Phi) is 9.64. The van der Waals surface area contributed by atoms with Crippen LogP contribution in [0.25, 0.3) is 17.0 Å². The fraction of sp³-hybridized carbons (Fsp3) is 0.258. The number of nitrogens with zero attached hydrogens (tertiary/aromatic N) is 2. The largest absolute Gasteiger partial charge is 0.490 e. The topological polar surface area (TPSA) is 108 Å². The zero-order chi connectivity index (χ0) is 30.3. The molecule has 0 bridgehead atoms. The van der Waals surface area contributed by atoms with Crippen molar-refractivity contribution in [3.8, 4) is 0 Å². The van der Waals surface area contributed by atoms with E-state index in [2.05, 4.69) is 45.9 Å². The second-order valence-electron chi connectivity index (χ2n) is 9.90. The number of para-hydroxylation sites is 1. The summed E-state index contributed by atoms with van der Waals surface area (Å²) >= 11 is 0. The van der Waals surface area contributed by atoms with Gasteiger partial charge in [0.15, 0.2) is 0 Å². The number of halogens is 3. The molecule has 0 radical (unpaired) electrons. The predicted octanol–water partition coefficient (Wildman–Crippen LogP) is 5.57. The molecule has 0 spiro atoms. The summed E-state index contributed by atoms with van der Waals surface area (Å²) in [7, 11) is 1.79. The zero-order valence-corrected chi connectivity index (χ0v) is 23.1. The number of likely N-dealkylation sites (N-methyl/N-ethyl adjacent to an activating group) is 1. The average molecular weight is 581 g/mol. The Bertz CT molecular complexity index is 1570. The molecule has 0 saturated carbocycles. The highest BCUT2D eigenvalue weighted by Gasteiger charge is 2.38. The molecule has 5 rings (SSSR count). The van der Waals surface area contributed by atoms with Gasteiger partial charge in [-0.1, -0.05) is 48.5 Å². The number of pyridine rings is 1. The average Bonchev–Trinajstić information content (AvgIpc) is 3.14. The van der Waals surface area contributed by atoms with Crippen molar-refractivity contribution in [1.29, 1.82) is 0 Å². The first-order valence-corrected chi connectivity index (χ1v) is 13.2. The lowest BCUT2D eigenvalue weighted by molar-refractivity contribution is -0.192. The van der Waals surface area contributed by atoms with Crippen molar-refractivity contribution in [3.63, 3.8) is 0 Å². The molecule has 8 nitrogen and oxygen atoms in total. The summed E-state index contributed by atoms with van der Waals surface area (Å²) in [5.74, 6) is -1.13. The minimum absolute atomic E-state index is 0.0843. The maximum absolute atomic E-state index is 12.8. The molecule has 1 aliphatic heterocycles. The first kappa shape index (κ1) is 30.3. The Labute approximate surface area is 240 Å². The Morgan fingerprint density at radius 3 is 2.52 bits per heavy atom. The summed E-state index contributed by atoms with van der Waals surface area (Å²) < 4.78 is 37.7. The molecule has 2 aromatic heterocycles. The predicted molar refractivity (Wildman–Crippen MR) is 154 cm³/mol. The van der Waals surface area contributed by atoms with Crippen molar-refractivity contribution in [2.45, 2.75) is 38.7 Å². The van der Waals surface area contributed by atoms with Crippen LogP contribution in [-0.4, -0.2) is 52.7 Å². The maximum Gasteiger partial charge on any atom is 0.490 e. The number of aryl methyl sites for hydroxylation is 1. The van der Waals surface area contributed by atoms with Crippen LogP contribution >= 0.6 is 0 Å². The van der Waals surface area contributed by atoms with E-state index in [0.717, 1.165) is 58.7 Å². The van der Waals surface area contributed by atoms with Crippen molar-refractivity contribution in [2.24, 2.45) is 0 Å². The Hall–Kier alpha value is -4.64. The van der Waals surface area contributed by atoms with Crippen molar-refractivity contribution < 1.29 is 32.3 Å². The van der Waals surface area contributed by atoms with Gasteiger partial charge in [0.1, 0.15) is 17.2 Å². The zero-order valence-electron chi connectivity index (χ0n) is 23.1. The number of nitrogens with one attached hydrogen (secondary N) is 2. The lowest BCUT2D eigenvalue weighted by atomic mass is 10.1. The Morgan fingerprint density at radius 2 is 1.83 bits per heavy atom. The minimum atomic E-state index is -5.08. The molecule has 3 heterocycles. The number of aliphatic carboxylic acids is 1. The van der Waals surface area contributed by atoms with E-state index in [9.17, 15) is 18.0 Å². The number of fused-ring (bicyclic) bond motifs is 2. The van der Waals surface area contributed by atoms with Gasteiger partial charge in [0.05, 0.1) is 6.54 Å². The highest BCUT2D eigenvalue weighted by molar-refractivity contribution is 5.91. The molecule has 3 N–H and O–H groups in total. The summed E-state index contributed by atoms with van der Waals surface area (Å²) in [4.78, 5) is 27.9. The lowest BCUT2D eigenvalue weighted by Crippen LogP contribution is -2.34. The van der Waals surface area contributed by atoms with Crippen LogP contribution < -0.4 is 10.6 Å². The smallest absolute Gasteiger partial charge is 0.475 e. The quantitative estimate of drug-likeness (QED) is 0.256. The van der Waals surface area contributed by atoms with Crippen LogP contribution in [0.1, 0.15) is 28.0 Å². The van der Waals surface area contributed by atoms with E-state index in [1.165, 1.54) is 5.56 Å². The van der Waals surface area contributed by atoms with E-state index in [1.54, 1.807) is 24.2 Å². The number of rotatable bonds is 6. The van der Waals surface area contributed by atoms with Gasteiger partial charge in [-0.05, 0) is 42.7 Å². The molecule has 11 heteroatoms. The SMILES string of the molecule is Cc1c(CN(C)C(=O)C=Cc2cnc3c(c2)CN[C@@H](Cc2ccccc2)CN3)oc2ccccc12.O=C(O)C(F)(F)F. The third-order valence-electron chi connectivity index (χ3n) is 6.77. The summed E-state index contributed by atoms with van der Waals surface area (Å²) in [6.07, 6.45) is 1.10. The number of carboxylic acid groups (broad SMARTS) is 1. The van der Waals surface area contributed by atoms with E-state index < -0.39 is 12.1 Å². The first-order chi connectivity index (χ1) is 20.0. The molecule has 1 atom stereocenters. The number of alkyl halides is 3. The summed E-state index contributed by atoms with van der Waals surface area (Å²) in [6, 6.07) is 20.9. The number of hydrogen-bond acceptors (Lipinski definition) is 6. The van der Waals surface area contributed by atoms with Gasteiger partial charge >= 0.3 is 12.1 Å². The third-order valence-corrected chi connectivity index (χ3v) is 6.77. The fourth-order valence-corrected chi connectivity index (χ4v) is 4.47. The molecule has 0 aliphatic carbocycles. The van der Waals surface area contributed by atoms with E-state index in [4.69, 9.17) is 14.3 Å². The van der Waals surface area contributed by atoms with E-state index in [-0.39, 0.29) is 5.91 Å².